The van der Waals surface area contributed by atoms with Gasteiger partial charge in [-0.15, -0.1) is 0 Å². The fraction of sp³-hybridized carbons (Fsp3) is 0.250. The van der Waals surface area contributed by atoms with Crippen LogP contribution in [0.2, 0.25) is 0 Å². The molecule has 0 saturated carbocycles. The van der Waals surface area contributed by atoms with Crippen molar-refractivity contribution in [3.8, 4) is 0 Å². The first-order valence-electron chi connectivity index (χ1n) is 7.02. The normalized spacial score (nSPS) is 12.5. The second-order valence-electron chi connectivity index (χ2n) is 5.31. The molecule has 6 heteroatoms. The summed E-state index contributed by atoms with van der Waals surface area (Å²) in [5, 5.41) is 8.32. The lowest BCUT2D eigenvalue weighted by Crippen LogP contribution is -2.19. The zero-order valence-electron chi connectivity index (χ0n) is 12.3. The predicted octanol–water partition coefficient (Wildman–Crippen LogP) is 3.29. The third-order valence-electron chi connectivity index (χ3n) is 3.61. The summed E-state index contributed by atoms with van der Waals surface area (Å²) in [6, 6.07) is 5.61. The number of nitrogens with zero attached hydrogens (tertiary/aromatic N) is 3. The number of hydrogen-bond donors (Lipinski definition) is 1. The minimum absolute atomic E-state index is 0.0963. The van der Waals surface area contributed by atoms with E-state index in [1.54, 1.807) is 17.1 Å². The van der Waals surface area contributed by atoms with Crippen molar-refractivity contribution in [3.63, 3.8) is 0 Å². The molecule has 3 aromatic rings. The number of rotatable bonds is 4. The van der Waals surface area contributed by atoms with Crippen molar-refractivity contribution in [2.24, 2.45) is 7.05 Å². The highest BCUT2D eigenvalue weighted by atomic mass is 19.1. The molecule has 1 N–H and O–H groups in total. The summed E-state index contributed by atoms with van der Waals surface area (Å²) < 4.78 is 29.1. The molecule has 1 atom stereocenters. The van der Waals surface area contributed by atoms with Crippen LogP contribution in [-0.2, 0) is 13.5 Å². The van der Waals surface area contributed by atoms with Crippen molar-refractivity contribution in [2.75, 3.05) is 5.32 Å². The quantitative estimate of drug-likeness (QED) is 0.804. The van der Waals surface area contributed by atoms with Gasteiger partial charge in [0.05, 0.1) is 11.6 Å². The van der Waals surface area contributed by atoms with Crippen molar-refractivity contribution in [2.45, 2.75) is 19.4 Å². The zero-order valence-corrected chi connectivity index (χ0v) is 12.3. The van der Waals surface area contributed by atoms with E-state index in [0.29, 0.717) is 0 Å². The number of nitrogens with one attached hydrogen (secondary N) is 1. The van der Waals surface area contributed by atoms with Gasteiger partial charge in [0.25, 0.3) is 0 Å². The van der Waals surface area contributed by atoms with Crippen LogP contribution in [0, 0.1) is 11.6 Å². The molecule has 2 heterocycles. The molecule has 114 valence electrons. The Kier molecular flexibility index (Phi) is 3.75. The molecule has 22 heavy (non-hydrogen) atoms. The van der Waals surface area contributed by atoms with Gasteiger partial charge in [0.2, 0.25) is 0 Å². The molecule has 1 unspecified atom stereocenters. The monoisotopic (exact) mass is 302 g/mol. The van der Waals surface area contributed by atoms with Gasteiger partial charge in [-0.25, -0.2) is 13.8 Å². The van der Waals surface area contributed by atoms with Crippen LogP contribution in [0.25, 0.3) is 11.0 Å². The van der Waals surface area contributed by atoms with Crippen LogP contribution in [0.5, 0.6) is 0 Å². The average molecular weight is 302 g/mol. The zero-order chi connectivity index (χ0) is 15.7. The van der Waals surface area contributed by atoms with Crippen molar-refractivity contribution in [3.05, 3.63) is 53.9 Å². The molecule has 0 saturated heterocycles. The van der Waals surface area contributed by atoms with E-state index in [4.69, 9.17) is 0 Å². The second-order valence-corrected chi connectivity index (χ2v) is 5.31. The van der Waals surface area contributed by atoms with Crippen LogP contribution < -0.4 is 5.32 Å². The van der Waals surface area contributed by atoms with Crippen LogP contribution in [-0.4, -0.2) is 20.8 Å². The molecule has 0 fully saturated rings. The Morgan fingerprint density at radius 1 is 1.23 bits per heavy atom. The molecule has 0 radical (unpaired) electrons. The molecule has 0 amide bonds. The average Bonchev–Trinajstić information content (AvgIpc) is 2.86. The molecule has 4 nitrogen and oxygen atoms in total. The van der Waals surface area contributed by atoms with Crippen molar-refractivity contribution in [1.82, 2.24) is 14.8 Å². The van der Waals surface area contributed by atoms with Gasteiger partial charge in [0, 0.05) is 30.5 Å². The molecule has 2 aromatic heterocycles. The first-order valence-corrected chi connectivity index (χ1v) is 7.02. The number of benzene rings is 1. The van der Waals surface area contributed by atoms with Crippen LogP contribution in [0.4, 0.5) is 14.5 Å². The largest absolute Gasteiger partial charge is 0.382 e. The fourth-order valence-corrected chi connectivity index (χ4v) is 2.52. The van der Waals surface area contributed by atoms with E-state index in [1.807, 2.05) is 20.0 Å². The van der Waals surface area contributed by atoms with E-state index in [1.165, 1.54) is 18.2 Å². The fourth-order valence-electron chi connectivity index (χ4n) is 2.52. The van der Waals surface area contributed by atoms with E-state index in [0.717, 1.165) is 16.7 Å². The molecule has 0 aliphatic carbocycles. The van der Waals surface area contributed by atoms with Crippen LogP contribution in [0.3, 0.4) is 0 Å². The molecule has 3 rings (SSSR count). The summed E-state index contributed by atoms with van der Waals surface area (Å²) in [7, 11) is 1.82. The number of pyridine rings is 1. The van der Waals surface area contributed by atoms with Crippen LogP contribution in [0.1, 0.15) is 12.5 Å². The van der Waals surface area contributed by atoms with Crippen LogP contribution >= 0.6 is 0 Å². The molecular formula is C16H16F2N4. The minimum atomic E-state index is -0.519. The molecule has 0 spiro atoms. The number of hydrogen-bond acceptors (Lipinski definition) is 3. The maximum absolute atomic E-state index is 13.7. The molecule has 1 aromatic carbocycles. The second kappa shape index (κ2) is 5.71. The Hall–Kier alpha value is -2.50. The Balaban J connectivity index is 1.83. The Morgan fingerprint density at radius 2 is 1.95 bits per heavy atom. The van der Waals surface area contributed by atoms with Crippen molar-refractivity contribution in [1.29, 1.82) is 0 Å². The number of aromatic nitrogens is 3. The van der Waals surface area contributed by atoms with Gasteiger partial charge in [-0.05, 0) is 31.5 Å². The predicted molar refractivity (Wildman–Crippen MR) is 81.7 cm³/mol. The van der Waals surface area contributed by atoms with Gasteiger partial charge in [-0.3, -0.25) is 4.68 Å². The maximum atomic E-state index is 13.7. The summed E-state index contributed by atoms with van der Waals surface area (Å²) in [5.74, 6) is -1.04. The highest BCUT2D eigenvalue weighted by Gasteiger charge is 2.14. The summed E-state index contributed by atoms with van der Waals surface area (Å²) >= 11 is 0. The van der Waals surface area contributed by atoms with Crippen LogP contribution in [0.15, 0.2) is 36.7 Å². The summed E-state index contributed by atoms with van der Waals surface area (Å²) in [6.07, 6.45) is 3.66. The third-order valence-corrected chi connectivity index (χ3v) is 3.61. The van der Waals surface area contributed by atoms with E-state index in [2.05, 4.69) is 15.4 Å². The van der Waals surface area contributed by atoms with Gasteiger partial charge >= 0.3 is 0 Å². The van der Waals surface area contributed by atoms with E-state index >= 15 is 0 Å². The van der Waals surface area contributed by atoms with Crippen molar-refractivity contribution >= 4 is 16.7 Å². The molecular weight excluding hydrogens is 286 g/mol. The standard InChI is InChI=1S/C16H16F2N4/c1-10(8-11-13(17)4-3-5-14(11)18)21-15-6-7-19-16-12(15)9-20-22(16)2/h3-7,9-10H,8H2,1-2H3,(H,19,21). The molecule has 0 bridgehead atoms. The van der Waals surface area contributed by atoms with Gasteiger partial charge in [0.1, 0.15) is 11.6 Å². The summed E-state index contributed by atoms with van der Waals surface area (Å²) in [6.45, 7) is 1.88. The van der Waals surface area contributed by atoms with Crippen molar-refractivity contribution < 1.29 is 8.78 Å². The maximum Gasteiger partial charge on any atom is 0.159 e. The number of aryl methyl sites for hydroxylation is 1. The van der Waals surface area contributed by atoms with Gasteiger partial charge in [0.15, 0.2) is 5.65 Å². The summed E-state index contributed by atoms with van der Waals surface area (Å²) in [5.41, 5.74) is 1.70. The van der Waals surface area contributed by atoms with Gasteiger partial charge < -0.3 is 5.32 Å². The highest BCUT2D eigenvalue weighted by Crippen LogP contribution is 2.22. The number of fused-ring (bicyclic) bond motifs is 1. The summed E-state index contributed by atoms with van der Waals surface area (Å²) in [4.78, 5) is 4.26. The van der Waals surface area contributed by atoms with E-state index in [-0.39, 0.29) is 18.0 Å². The first-order chi connectivity index (χ1) is 10.6. The lowest BCUT2D eigenvalue weighted by atomic mass is 10.1. The Morgan fingerprint density at radius 3 is 2.68 bits per heavy atom. The molecule has 0 aliphatic heterocycles. The minimum Gasteiger partial charge on any atom is -0.382 e. The van der Waals surface area contributed by atoms with Gasteiger partial charge in [-0.1, -0.05) is 6.07 Å². The van der Waals surface area contributed by atoms with E-state index < -0.39 is 11.6 Å². The van der Waals surface area contributed by atoms with E-state index in [9.17, 15) is 8.78 Å². The molecule has 0 aliphatic rings. The highest BCUT2D eigenvalue weighted by molar-refractivity contribution is 5.88. The number of halogens is 2. The lowest BCUT2D eigenvalue weighted by Gasteiger charge is -2.16. The lowest BCUT2D eigenvalue weighted by molar-refractivity contribution is 0.547. The topological polar surface area (TPSA) is 42.7 Å². The third kappa shape index (κ3) is 2.64. The Labute approximate surface area is 126 Å². The number of anilines is 1. The first kappa shape index (κ1) is 14.4. The van der Waals surface area contributed by atoms with Gasteiger partial charge in [-0.2, -0.15) is 5.10 Å². The Bertz CT molecular complexity index is 793. The SMILES string of the molecule is CC(Cc1c(F)cccc1F)Nc1ccnc2c1cnn2C. The smallest absolute Gasteiger partial charge is 0.159 e.